The van der Waals surface area contributed by atoms with Crippen molar-refractivity contribution in [2.24, 2.45) is 5.92 Å². The van der Waals surface area contributed by atoms with Gasteiger partial charge in [0.05, 0.1) is 12.7 Å². The van der Waals surface area contributed by atoms with Crippen LogP contribution in [0.4, 0.5) is 18.9 Å². The Morgan fingerprint density at radius 1 is 1.09 bits per heavy atom. The minimum absolute atomic E-state index is 0.0259. The summed E-state index contributed by atoms with van der Waals surface area (Å²) in [5, 5.41) is 2.41. The van der Waals surface area contributed by atoms with Crippen LogP contribution in [0.3, 0.4) is 0 Å². The first kappa shape index (κ1) is 25.0. The predicted octanol–water partition coefficient (Wildman–Crippen LogP) is 5.13. The van der Waals surface area contributed by atoms with E-state index in [1.165, 1.54) is 44.4 Å². The lowest BCUT2D eigenvalue weighted by Gasteiger charge is -2.29. The van der Waals surface area contributed by atoms with Crippen molar-refractivity contribution in [3.05, 3.63) is 53.1 Å². The maximum atomic E-state index is 13.2. The lowest BCUT2D eigenvalue weighted by atomic mass is 9.87. The minimum atomic E-state index is -4.56. The highest BCUT2D eigenvalue weighted by molar-refractivity contribution is 7.89. The molecule has 0 bridgehead atoms. The molecule has 2 N–H and O–H groups in total. The largest absolute Gasteiger partial charge is 0.495 e. The summed E-state index contributed by atoms with van der Waals surface area (Å²) >= 11 is 0. The van der Waals surface area contributed by atoms with Crippen LogP contribution in [0.15, 0.2) is 41.3 Å². The molecule has 33 heavy (non-hydrogen) atoms. The van der Waals surface area contributed by atoms with Crippen LogP contribution >= 0.6 is 0 Å². The molecule has 1 aliphatic carbocycles. The standard InChI is InChI=1S/C23H27F3N2O4S/c1-14-8-10-17(13-18(14)23(24,25)26)27-22(29)16-9-11-20(32-3)21(12-16)33(30,31)28-19-7-5-4-6-15(19)2/h8-13,15,19,28H,4-7H2,1-3H3,(H,27,29). The first-order valence-electron chi connectivity index (χ1n) is 10.6. The first-order valence-corrected chi connectivity index (χ1v) is 12.1. The third-order valence-electron chi connectivity index (χ3n) is 5.93. The van der Waals surface area contributed by atoms with Crippen molar-refractivity contribution in [1.82, 2.24) is 4.72 Å². The predicted molar refractivity (Wildman–Crippen MR) is 119 cm³/mol. The molecule has 0 spiro atoms. The number of methoxy groups -OCH3 is 1. The highest BCUT2D eigenvalue weighted by Crippen LogP contribution is 2.34. The number of alkyl halides is 3. The van der Waals surface area contributed by atoms with E-state index < -0.39 is 27.7 Å². The number of hydrogen-bond acceptors (Lipinski definition) is 4. The summed E-state index contributed by atoms with van der Waals surface area (Å²) in [6, 6.07) is 7.12. The maximum absolute atomic E-state index is 13.2. The maximum Gasteiger partial charge on any atom is 0.416 e. The molecule has 0 aliphatic heterocycles. The number of sulfonamides is 1. The zero-order valence-electron chi connectivity index (χ0n) is 18.6. The number of carbonyl (C=O) groups excluding carboxylic acids is 1. The van der Waals surface area contributed by atoms with Gasteiger partial charge in [0.2, 0.25) is 10.0 Å². The van der Waals surface area contributed by atoms with Gasteiger partial charge in [0.15, 0.2) is 0 Å². The van der Waals surface area contributed by atoms with E-state index in [2.05, 4.69) is 10.0 Å². The van der Waals surface area contributed by atoms with E-state index in [9.17, 15) is 26.4 Å². The van der Waals surface area contributed by atoms with Crippen molar-refractivity contribution >= 4 is 21.6 Å². The van der Waals surface area contributed by atoms with Gasteiger partial charge in [0.1, 0.15) is 10.6 Å². The number of nitrogens with one attached hydrogen (secondary N) is 2. The van der Waals surface area contributed by atoms with Crippen molar-refractivity contribution in [1.29, 1.82) is 0 Å². The van der Waals surface area contributed by atoms with E-state index in [1.54, 1.807) is 0 Å². The van der Waals surface area contributed by atoms with E-state index in [1.807, 2.05) is 6.92 Å². The smallest absolute Gasteiger partial charge is 0.416 e. The van der Waals surface area contributed by atoms with Crippen molar-refractivity contribution in [3.8, 4) is 5.75 Å². The van der Waals surface area contributed by atoms with Gasteiger partial charge < -0.3 is 10.1 Å². The van der Waals surface area contributed by atoms with E-state index in [0.29, 0.717) is 0 Å². The monoisotopic (exact) mass is 484 g/mol. The molecule has 3 rings (SSSR count). The van der Waals surface area contributed by atoms with E-state index in [4.69, 9.17) is 4.74 Å². The van der Waals surface area contributed by atoms with Crippen molar-refractivity contribution in [2.75, 3.05) is 12.4 Å². The number of amides is 1. The van der Waals surface area contributed by atoms with Crippen LogP contribution in [0, 0.1) is 12.8 Å². The van der Waals surface area contributed by atoms with Gasteiger partial charge in [0.25, 0.3) is 5.91 Å². The second-order valence-corrected chi connectivity index (χ2v) is 10.0. The molecular formula is C23H27F3N2O4S. The Morgan fingerprint density at radius 2 is 1.79 bits per heavy atom. The third-order valence-corrected chi connectivity index (χ3v) is 7.45. The SMILES string of the molecule is COc1ccc(C(=O)Nc2ccc(C)c(C(F)(F)F)c2)cc1S(=O)(=O)NC1CCCCC1C. The number of carbonyl (C=O) groups is 1. The molecule has 0 aromatic heterocycles. The molecule has 6 nitrogen and oxygen atoms in total. The summed E-state index contributed by atoms with van der Waals surface area (Å²) in [6.07, 6.45) is -0.948. The molecule has 0 radical (unpaired) electrons. The summed E-state index contributed by atoms with van der Waals surface area (Å²) < 4.78 is 73.6. The number of anilines is 1. The van der Waals surface area contributed by atoms with Gasteiger partial charge in [-0.1, -0.05) is 25.8 Å². The Labute approximate surface area is 191 Å². The molecule has 180 valence electrons. The van der Waals surface area contributed by atoms with Crippen LogP contribution in [-0.2, 0) is 16.2 Å². The topological polar surface area (TPSA) is 84.5 Å². The van der Waals surface area contributed by atoms with Crippen LogP contribution < -0.4 is 14.8 Å². The Hall–Kier alpha value is -2.59. The van der Waals surface area contributed by atoms with Crippen LogP contribution in [-0.4, -0.2) is 27.5 Å². The van der Waals surface area contributed by atoms with Gasteiger partial charge in [-0.25, -0.2) is 13.1 Å². The van der Waals surface area contributed by atoms with Gasteiger partial charge in [-0.3, -0.25) is 4.79 Å². The van der Waals surface area contributed by atoms with Crippen molar-refractivity contribution < 1.29 is 31.1 Å². The average molecular weight is 485 g/mol. The Morgan fingerprint density at radius 3 is 2.42 bits per heavy atom. The fourth-order valence-corrected chi connectivity index (χ4v) is 5.56. The van der Waals surface area contributed by atoms with Gasteiger partial charge in [-0.05, 0) is 61.6 Å². The molecule has 10 heteroatoms. The van der Waals surface area contributed by atoms with Gasteiger partial charge in [0, 0.05) is 17.3 Å². The third kappa shape index (κ3) is 5.86. The zero-order chi connectivity index (χ0) is 24.4. The fourth-order valence-electron chi connectivity index (χ4n) is 3.99. The summed E-state index contributed by atoms with van der Waals surface area (Å²) in [5.41, 5.74) is -0.903. The zero-order valence-corrected chi connectivity index (χ0v) is 19.4. The summed E-state index contributed by atoms with van der Waals surface area (Å²) in [7, 11) is -2.68. The normalized spacial score (nSPS) is 19.2. The van der Waals surface area contributed by atoms with Gasteiger partial charge >= 0.3 is 6.18 Å². The van der Waals surface area contributed by atoms with E-state index >= 15 is 0 Å². The molecule has 0 heterocycles. The molecule has 1 amide bonds. The second kappa shape index (κ2) is 9.72. The molecular weight excluding hydrogens is 457 g/mol. The minimum Gasteiger partial charge on any atom is -0.495 e. The summed E-state index contributed by atoms with van der Waals surface area (Å²) in [6.45, 7) is 3.32. The number of hydrogen-bond donors (Lipinski definition) is 2. The van der Waals surface area contributed by atoms with Crippen molar-refractivity contribution in [2.45, 2.75) is 56.6 Å². The van der Waals surface area contributed by atoms with Gasteiger partial charge in [-0.2, -0.15) is 13.2 Å². The van der Waals surface area contributed by atoms with Crippen LogP contribution in [0.25, 0.3) is 0 Å². The van der Waals surface area contributed by atoms with E-state index in [0.717, 1.165) is 31.7 Å². The van der Waals surface area contributed by atoms with Crippen LogP contribution in [0.1, 0.15) is 54.1 Å². The van der Waals surface area contributed by atoms with E-state index in [-0.39, 0.29) is 39.4 Å². The number of ether oxygens (including phenoxy) is 1. The Bertz CT molecular complexity index is 1130. The molecule has 1 saturated carbocycles. The molecule has 2 aromatic carbocycles. The molecule has 2 atom stereocenters. The number of aryl methyl sites for hydroxylation is 1. The van der Waals surface area contributed by atoms with Crippen molar-refractivity contribution in [3.63, 3.8) is 0 Å². The average Bonchev–Trinajstić information content (AvgIpc) is 2.75. The lowest BCUT2D eigenvalue weighted by Crippen LogP contribution is -2.41. The molecule has 0 saturated heterocycles. The highest BCUT2D eigenvalue weighted by Gasteiger charge is 2.33. The second-order valence-electron chi connectivity index (χ2n) is 8.34. The lowest BCUT2D eigenvalue weighted by molar-refractivity contribution is -0.138. The molecule has 2 unspecified atom stereocenters. The molecule has 2 aromatic rings. The number of halogens is 3. The Kier molecular flexibility index (Phi) is 7.38. The fraction of sp³-hybridized carbons (Fsp3) is 0.435. The molecule has 1 fully saturated rings. The Balaban J connectivity index is 1.88. The summed E-state index contributed by atoms with van der Waals surface area (Å²) in [5.74, 6) is -0.496. The summed E-state index contributed by atoms with van der Waals surface area (Å²) in [4.78, 5) is 12.5. The highest BCUT2D eigenvalue weighted by atomic mass is 32.2. The molecule has 1 aliphatic rings. The van der Waals surface area contributed by atoms with Crippen LogP contribution in [0.5, 0.6) is 5.75 Å². The quantitative estimate of drug-likeness (QED) is 0.595. The first-order chi connectivity index (χ1) is 15.4. The number of rotatable bonds is 6. The number of benzene rings is 2. The van der Waals surface area contributed by atoms with Crippen LogP contribution in [0.2, 0.25) is 0 Å². The van der Waals surface area contributed by atoms with Gasteiger partial charge in [-0.15, -0.1) is 0 Å².